The van der Waals surface area contributed by atoms with Crippen molar-refractivity contribution in [2.45, 2.75) is 18.1 Å². The molecule has 2 aromatic carbocycles. The minimum Gasteiger partial charge on any atom is -0.504 e. The van der Waals surface area contributed by atoms with E-state index in [-0.39, 0.29) is 47.6 Å². The van der Waals surface area contributed by atoms with Crippen molar-refractivity contribution < 1.29 is 36.9 Å². The molecule has 1 aromatic heterocycles. The number of rotatable bonds is 0. The van der Waals surface area contributed by atoms with Crippen molar-refractivity contribution >= 4 is 17.4 Å². The summed E-state index contributed by atoms with van der Waals surface area (Å²) >= 11 is 0. The van der Waals surface area contributed by atoms with Crippen molar-refractivity contribution in [1.82, 2.24) is 0 Å². The summed E-state index contributed by atoms with van der Waals surface area (Å²) in [5, 5.41) is 19.9. The Hall–Kier alpha value is -3.69. The lowest BCUT2D eigenvalue weighted by Crippen LogP contribution is -2.43. The van der Waals surface area contributed by atoms with Crippen molar-refractivity contribution in [3.05, 3.63) is 64.7 Å². The van der Waals surface area contributed by atoms with Gasteiger partial charge >= 0.3 is 6.18 Å². The number of fused-ring (bicyclic) bond motifs is 8. The summed E-state index contributed by atoms with van der Waals surface area (Å²) in [5.41, 5.74) is 0.0693. The summed E-state index contributed by atoms with van der Waals surface area (Å²) < 4.78 is 65.2. The van der Waals surface area contributed by atoms with Crippen LogP contribution in [0.5, 0.6) is 17.2 Å². The molecule has 0 radical (unpaired) electrons. The number of furan rings is 1. The lowest BCUT2D eigenvalue weighted by molar-refractivity contribution is -0.152. The minimum atomic E-state index is -4.69. The zero-order valence-corrected chi connectivity index (χ0v) is 15.5. The fourth-order valence-corrected chi connectivity index (χ4v) is 4.62. The fraction of sp³-hybridized carbons (Fsp3) is 0.190. The van der Waals surface area contributed by atoms with Crippen LogP contribution in [0.4, 0.5) is 29.1 Å². The van der Waals surface area contributed by atoms with Gasteiger partial charge in [0.05, 0.1) is 12.2 Å². The van der Waals surface area contributed by atoms with E-state index in [1.54, 1.807) is 6.07 Å². The van der Waals surface area contributed by atoms with E-state index < -0.39 is 28.9 Å². The van der Waals surface area contributed by atoms with Gasteiger partial charge in [-0.2, -0.15) is 18.2 Å². The molecule has 0 fully saturated rings. The van der Waals surface area contributed by atoms with Gasteiger partial charge in [-0.1, -0.05) is 12.1 Å². The third-order valence-electron chi connectivity index (χ3n) is 5.94. The SMILES string of the molecule is Oc1cc2c(cc1O)C1(CO2)C2=Nc3oc(C(F)(F)F)cc3CN2c2c(F)cccc21. The molecule has 4 heterocycles. The lowest BCUT2D eigenvalue weighted by Gasteiger charge is -2.29. The molecule has 0 saturated heterocycles. The number of phenolic OH excluding ortho intramolecular Hbond substituents is 2. The minimum absolute atomic E-state index is 0.0425. The monoisotopic (exact) mass is 432 g/mol. The van der Waals surface area contributed by atoms with Gasteiger partial charge in [0.2, 0.25) is 11.6 Å². The molecular formula is C21H12F4N2O4. The maximum Gasteiger partial charge on any atom is 0.449 e. The van der Waals surface area contributed by atoms with Crippen molar-refractivity contribution in [2.75, 3.05) is 11.5 Å². The number of ether oxygens (including phenoxy) is 1. The van der Waals surface area contributed by atoms with Crippen LogP contribution in [0.2, 0.25) is 0 Å². The first-order valence-electron chi connectivity index (χ1n) is 9.25. The average Bonchev–Trinajstić information content (AvgIpc) is 3.36. The van der Waals surface area contributed by atoms with Crippen LogP contribution in [-0.4, -0.2) is 22.7 Å². The summed E-state index contributed by atoms with van der Waals surface area (Å²) in [7, 11) is 0. The van der Waals surface area contributed by atoms with Crippen LogP contribution in [0, 0.1) is 5.82 Å². The van der Waals surface area contributed by atoms with Gasteiger partial charge in [0, 0.05) is 22.8 Å². The first kappa shape index (κ1) is 18.1. The first-order chi connectivity index (χ1) is 14.7. The van der Waals surface area contributed by atoms with Gasteiger partial charge in [-0.15, -0.1) is 0 Å². The van der Waals surface area contributed by atoms with E-state index >= 15 is 0 Å². The molecule has 3 aromatic rings. The molecule has 0 bridgehead atoms. The van der Waals surface area contributed by atoms with Crippen LogP contribution >= 0.6 is 0 Å². The molecule has 10 heteroatoms. The highest BCUT2D eigenvalue weighted by Crippen LogP contribution is 2.57. The van der Waals surface area contributed by atoms with Gasteiger partial charge in [-0.05, 0) is 18.2 Å². The highest BCUT2D eigenvalue weighted by Gasteiger charge is 2.57. The number of benzene rings is 2. The van der Waals surface area contributed by atoms with Crippen LogP contribution in [0.15, 0.2) is 45.8 Å². The molecule has 31 heavy (non-hydrogen) atoms. The molecular weight excluding hydrogens is 420 g/mol. The molecule has 6 rings (SSSR count). The van der Waals surface area contributed by atoms with E-state index in [0.29, 0.717) is 11.1 Å². The van der Waals surface area contributed by atoms with E-state index in [4.69, 9.17) is 9.15 Å². The Morgan fingerprint density at radius 1 is 1.06 bits per heavy atom. The second-order valence-corrected chi connectivity index (χ2v) is 7.63. The normalized spacial score (nSPS) is 20.8. The molecule has 1 spiro atoms. The van der Waals surface area contributed by atoms with Crippen molar-refractivity contribution in [1.29, 1.82) is 0 Å². The first-order valence-corrected chi connectivity index (χ1v) is 9.25. The Bertz CT molecular complexity index is 1310. The Balaban J connectivity index is 1.64. The molecule has 1 unspecified atom stereocenters. The van der Waals surface area contributed by atoms with Crippen LogP contribution in [0.25, 0.3) is 0 Å². The van der Waals surface area contributed by atoms with Gasteiger partial charge < -0.3 is 24.3 Å². The highest BCUT2D eigenvalue weighted by atomic mass is 19.4. The topological polar surface area (TPSA) is 78.4 Å². The standard InChI is InChI=1S/C21H12F4N2O4/c22-12-3-1-2-10-17(12)27-7-9-4-16(21(23,24)25)31-18(9)26-19(27)20(10)8-30-15-6-14(29)13(28)5-11(15)20/h1-6,28-29H,7-8H2. The summed E-state index contributed by atoms with van der Waals surface area (Å²) in [6.07, 6.45) is -4.69. The summed E-state index contributed by atoms with van der Waals surface area (Å²) in [4.78, 5) is 5.87. The number of amidine groups is 1. The Morgan fingerprint density at radius 3 is 2.61 bits per heavy atom. The molecule has 0 saturated carbocycles. The maximum absolute atomic E-state index is 15.0. The number of halogens is 4. The molecule has 3 aliphatic heterocycles. The second-order valence-electron chi connectivity index (χ2n) is 7.63. The molecule has 6 nitrogen and oxygen atoms in total. The number of hydrogen-bond acceptors (Lipinski definition) is 6. The van der Waals surface area contributed by atoms with Crippen LogP contribution < -0.4 is 9.64 Å². The van der Waals surface area contributed by atoms with E-state index in [9.17, 15) is 27.8 Å². The zero-order valence-electron chi connectivity index (χ0n) is 15.5. The molecule has 3 aliphatic rings. The van der Waals surface area contributed by atoms with E-state index in [2.05, 4.69) is 4.99 Å². The van der Waals surface area contributed by atoms with Crippen molar-refractivity contribution in [3.63, 3.8) is 0 Å². The number of hydrogen-bond donors (Lipinski definition) is 2. The molecule has 158 valence electrons. The number of aliphatic imine (C=N–C) groups is 1. The van der Waals surface area contributed by atoms with Gasteiger partial charge in [-0.25, -0.2) is 4.39 Å². The smallest absolute Gasteiger partial charge is 0.449 e. The summed E-state index contributed by atoms with van der Waals surface area (Å²) in [5.74, 6) is -2.27. The van der Waals surface area contributed by atoms with Gasteiger partial charge in [-0.3, -0.25) is 0 Å². The van der Waals surface area contributed by atoms with E-state index in [0.717, 1.165) is 6.07 Å². The lowest BCUT2D eigenvalue weighted by atomic mass is 9.76. The quantitative estimate of drug-likeness (QED) is 0.401. The van der Waals surface area contributed by atoms with Crippen LogP contribution in [-0.2, 0) is 18.1 Å². The average molecular weight is 432 g/mol. The third kappa shape index (κ3) is 2.19. The summed E-state index contributed by atoms with van der Waals surface area (Å²) in [6.45, 7) is -0.123. The molecule has 2 N–H and O–H groups in total. The largest absolute Gasteiger partial charge is 0.504 e. The fourth-order valence-electron chi connectivity index (χ4n) is 4.62. The number of aromatic hydroxyl groups is 2. The van der Waals surface area contributed by atoms with E-state index in [1.165, 1.54) is 29.2 Å². The van der Waals surface area contributed by atoms with Gasteiger partial charge in [0.1, 0.15) is 29.4 Å². The number of nitrogens with zero attached hydrogens (tertiary/aromatic N) is 2. The van der Waals surface area contributed by atoms with E-state index in [1.807, 2.05) is 0 Å². The molecule has 0 amide bonds. The molecule has 1 atom stereocenters. The Morgan fingerprint density at radius 2 is 1.84 bits per heavy atom. The maximum atomic E-state index is 15.0. The Labute approximate surface area is 171 Å². The number of para-hydroxylation sites is 1. The number of alkyl halides is 3. The predicted octanol–water partition coefficient (Wildman–Crippen LogP) is 4.59. The highest BCUT2D eigenvalue weighted by molar-refractivity contribution is 6.16. The van der Waals surface area contributed by atoms with Gasteiger partial charge in [0.15, 0.2) is 11.5 Å². The summed E-state index contributed by atoms with van der Waals surface area (Å²) in [6, 6.07) is 7.87. The van der Waals surface area contributed by atoms with Gasteiger partial charge in [0.25, 0.3) is 0 Å². The molecule has 0 aliphatic carbocycles. The Kier molecular flexibility index (Phi) is 3.22. The third-order valence-corrected chi connectivity index (χ3v) is 5.94. The number of anilines is 1. The number of phenols is 2. The zero-order chi connectivity index (χ0) is 21.7. The van der Waals surface area contributed by atoms with Crippen molar-refractivity contribution in [2.24, 2.45) is 4.99 Å². The van der Waals surface area contributed by atoms with Crippen molar-refractivity contribution in [3.8, 4) is 17.2 Å². The predicted molar refractivity (Wildman–Crippen MR) is 99.4 cm³/mol. The second kappa shape index (κ2) is 5.51. The van der Waals surface area contributed by atoms with Crippen LogP contribution in [0.1, 0.15) is 22.5 Å². The van der Waals surface area contributed by atoms with Crippen LogP contribution in [0.3, 0.4) is 0 Å².